The first-order chi connectivity index (χ1) is 8.95. The summed E-state index contributed by atoms with van der Waals surface area (Å²) in [7, 11) is 1.91. The first-order valence-electron chi connectivity index (χ1n) is 6.51. The molecule has 0 fully saturated rings. The van der Waals surface area contributed by atoms with Crippen LogP contribution >= 0.6 is 11.3 Å². The van der Waals surface area contributed by atoms with Gasteiger partial charge in [-0.3, -0.25) is 0 Å². The van der Waals surface area contributed by atoms with Gasteiger partial charge in [0.2, 0.25) is 0 Å². The smallest absolute Gasteiger partial charge is 0.347 e. The molecule has 0 aliphatic rings. The Labute approximate surface area is 118 Å². The third kappa shape index (κ3) is 4.80. The Hall–Kier alpha value is -1.14. The maximum Gasteiger partial charge on any atom is 0.347 e. The summed E-state index contributed by atoms with van der Waals surface area (Å²) in [4.78, 5) is 17.9. The van der Waals surface area contributed by atoms with Crippen LogP contribution in [0, 0.1) is 0 Å². The molecule has 1 N–H and O–H groups in total. The molecule has 5 nitrogen and oxygen atoms in total. The highest BCUT2D eigenvalue weighted by Crippen LogP contribution is 2.26. The van der Waals surface area contributed by atoms with Gasteiger partial charge in [0.1, 0.15) is 4.88 Å². The third-order valence-corrected chi connectivity index (χ3v) is 3.77. The molecule has 1 rings (SSSR count). The van der Waals surface area contributed by atoms with E-state index in [1.54, 1.807) is 0 Å². The first-order valence-corrected chi connectivity index (χ1v) is 7.33. The van der Waals surface area contributed by atoms with Crippen LogP contribution in [0.5, 0.6) is 0 Å². The van der Waals surface area contributed by atoms with E-state index in [-0.39, 0.29) is 6.10 Å². The Morgan fingerprint density at radius 3 is 2.74 bits per heavy atom. The van der Waals surface area contributed by atoms with Crippen molar-refractivity contribution in [3.05, 3.63) is 10.6 Å². The Morgan fingerprint density at radius 1 is 1.53 bits per heavy atom. The highest BCUT2D eigenvalue weighted by Gasteiger charge is 2.18. The fourth-order valence-corrected chi connectivity index (χ4v) is 2.54. The quantitative estimate of drug-likeness (QED) is 0.796. The number of carboxylic acid groups (broad SMARTS) is 1. The maximum absolute atomic E-state index is 11.2. The van der Waals surface area contributed by atoms with E-state index < -0.39 is 5.97 Å². The largest absolute Gasteiger partial charge is 0.477 e. The molecule has 6 heteroatoms. The number of likely N-dealkylation sites (N-methyl/N-ethyl adjacent to an activating group) is 1. The second-order valence-corrected chi connectivity index (χ2v) is 5.65. The molecular formula is C13H22N2O3S. The standard InChI is InChI=1S/C13H22N2O3S/c1-5-6-10-11(12(16)17)19-13(14-10)15(4)7-8-18-9(2)3/h9H,5-8H2,1-4H3,(H,16,17). The second kappa shape index (κ2) is 7.45. The van der Waals surface area contributed by atoms with Gasteiger partial charge in [-0.2, -0.15) is 0 Å². The average Bonchev–Trinajstić information content (AvgIpc) is 2.73. The molecule has 0 saturated heterocycles. The van der Waals surface area contributed by atoms with E-state index in [1.807, 2.05) is 32.7 Å². The van der Waals surface area contributed by atoms with Gasteiger partial charge >= 0.3 is 5.97 Å². The number of anilines is 1. The molecular weight excluding hydrogens is 264 g/mol. The molecule has 1 aromatic heterocycles. The lowest BCUT2D eigenvalue weighted by Crippen LogP contribution is -2.23. The van der Waals surface area contributed by atoms with Crippen molar-refractivity contribution in [2.75, 3.05) is 25.1 Å². The van der Waals surface area contributed by atoms with E-state index in [2.05, 4.69) is 4.98 Å². The van der Waals surface area contributed by atoms with Crippen molar-refractivity contribution in [2.45, 2.75) is 39.7 Å². The molecule has 1 aromatic rings. The van der Waals surface area contributed by atoms with Gasteiger partial charge in [-0.05, 0) is 20.3 Å². The number of hydrogen-bond acceptors (Lipinski definition) is 5. The summed E-state index contributed by atoms with van der Waals surface area (Å²) in [5, 5.41) is 9.91. The zero-order valence-electron chi connectivity index (χ0n) is 12.0. The summed E-state index contributed by atoms with van der Waals surface area (Å²) in [5.74, 6) is -0.890. The number of carbonyl (C=O) groups is 1. The SMILES string of the molecule is CCCc1nc(N(C)CCOC(C)C)sc1C(=O)O. The molecule has 0 amide bonds. The number of aromatic nitrogens is 1. The minimum Gasteiger partial charge on any atom is -0.477 e. The van der Waals surface area contributed by atoms with Crippen LogP contribution in [0.25, 0.3) is 0 Å². The number of nitrogens with zero attached hydrogens (tertiary/aromatic N) is 2. The Kier molecular flexibility index (Phi) is 6.24. The van der Waals surface area contributed by atoms with Gasteiger partial charge in [0, 0.05) is 13.6 Å². The zero-order valence-corrected chi connectivity index (χ0v) is 12.8. The van der Waals surface area contributed by atoms with Crippen LogP contribution in [-0.2, 0) is 11.2 Å². The van der Waals surface area contributed by atoms with Gasteiger partial charge in [0.25, 0.3) is 0 Å². The lowest BCUT2D eigenvalue weighted by molar-refractivity contribution is 0.0700. The summed E-state index contributed by atoms with van der Waals surface area (Å²) in [6.45, 7) is 7.32. The fraction of sp³-hybridized carbons (Fsp3) is 0.692. The van der Waals surface area contributed by atoms with Crippen molar-refractivity contribution in [1.29, 1.82) is 0 Å². The minimum atomic E-state index is -0.890. The predicted molar refractivity (Wildman–Crippen MR) is 77.4 cm³/mol. The predicted octanol–water partition coefficient (Wildman–Crippen LogP) is 2.66. The highest BCUT2D eigenvalue weighted by molar-refractivity contribution is 7.17. The van der Waals surface area contributed by atoms with Crippen LogP contribution in [-0.4, -0.2) is 42.4 Å². The summed E-state index contributed by atoms with van der Waals surface area (Å²) in [6, 6.07) is 0. The van der Waals surface area contributed by atoms with Crippen molar-refractivity contribution >= 4 is 22.4 Å². The fourth-order valence-electron chi connectivity index (χ4n) is 1.60. The first kappa shape index (κ1) is 15.9. The molecule has 0 aliphatic carbocycles. The molecule has 0 atom stereocenters. The van der Waals surface area contributed by atoms with Crippen molar-refractivity contribution in [1.82, 2.24) is 4.98 Å². The molecule has 1 heterocycles. The molecule has 19 heavy (non-hydrogen) atoms. The zero-order chi connectivity index (χ0) is 14.4. The lowest BCUT2D eigenvalue weighted by Gasteiger charge is -2.16. The van der Waals surface area contributed by atoms with E-state index in [1.165, 1.54) is 11.3 Å². The third-order valence-electron chi connectivity index (χ3n) is 2.57. The van der Waals surface area contributed by atoms with E-state index in [4.69, 9.17) is 9.84 Å². The number of hydrogen-bond donors (Lipinski definition) is 1. The average molecular weight is 286 g/mol. The molecule has 0 aliphatic heterocycles. The van der Waals surface area contributed by atoms with Gasteiger partial charge in [-0.1, -0.05) is 24.7 Å². The molecule has 0 aromatic carbocycles. The number of carboxylic acids is 1. The molecule has 0 spiro atoms. The summed E-state index contributed by atoms with van der Waals surface area (Å²) in [5.41, 5.74) is 0.687. The van der Waals surface area contributed by atoms with E-state index >= 15 is 0 Å². The summed E-state index contributed by atoms with van der Waals surface area (Å²) in [6.07, 6.45) is 1.80. The molecule has 108 valence electrons. The van der Waals surface area contributed by atoms with Crippen LogP contribution in [0.2, 0.25) is 0 Å². The monoisotopic (exact) mass is 286 g/mol. The van der Waals surface area contributed by atoms with Crippen molar-refractivity contribution in [3.8, 4) is 0 Å². The Morgan fingerprint density at radius 2 is 2.21 bits per heavy atom. The van der Waals surface area contributed by atoms with E-state index in [9.17, 15) is 4.79 Å². The number of ether oxygens (including phenoxy) is 1. The molecule has 0 bridgehead atoms. The topological polar surface area (TPSA) is 62.7 Å². The normalized spacial score (nSPS) is 11.0. The molecule has 0 unspecified atom stereocenters. The summed E-state index contributed by atoms with van der Waals surface area (Å²) < 4.78 is 5.48. The van der Waals surface area contributed by atoms with E-state index in [0.717, 1.165) is 11.6 Å². The number of thiazole rings is 1. The van der Waals surface area contributed by atoms with Crippen LogP contribution in [0.15, 0.2) is 0 Å². The highest BCUT2D eigenvalue weighted by atomic mass is 32.1. The molecule has 0 radical (unpaired) electrons. The van der Waals surface area contributed by atoms with Gasteiger partial charge in [0.05, 0.1) is 18.4 Å². The van der Waals surface area contributed by atoms with Crippen molar-refractivity contribution in [3.63, 3.8) is 0 Å². The summed E-state index contributed by atoms with van der Waals surface area (Å²) >= 11 is 1.23. The Balaban J connectivity index is 2.71. The van der Waals surface area contributed by atoms with Crippen molar-refractivity contribution in [2.24, 2.45) is 0 Å². The van der Waals surface area contributed by atoms with Gasteiger partial charge in [-0.25, -0.2) is 9.78 Å². The van der Waals surface area contributed by atoms with Gasteiger partial charge in [-0.15, -0.1) is 0 Å². The van der Waals surface area contributed by atoms with Crippen LogP contribution < -0.4 is 4.90 Å². The maximum atomic E-state index is 11.2. The lowest BCUT2D eigenvalue weighted by atomic mass is 10.2. The van der Waals surface area contributed by atoms with Crippen molar-refractivity contribution < 1.29 is 14.6 Å². The van der Waals surface area contributed by atoms with Crippen LogP contribution in [0.3, 0.4) is 0 Å². The van der Waals surface area contributed by atoms with Crippen LogP contribution in [0.4, 0.5) is 5.13 Å². The minimum absolute atomic E-state index is 0.204. The number of aryl methyl sites for hydroxylation is 1. The second-order valence-electron chi connectivity index (χ2n) is 4.67. The van der Waals surface area contributed by atoms with E-state index in [0.29, 0.717) is 30.1 Å². The number of rotatable bonds is 8. The number of aromatic carboxylic acids is 1. The van der Waals surface area contributed by atoms with Gasteiger partial charge in [0.15, 0.2) is 5.13 Å². The Bertz CT molecular complexity index is 418. The van der Waals surface area contributed by atoms with Gasteiger partial charge < -0.3 is 14.7 Å². The molecule has 0 saturated carbocycles. The van der Waals surface area contributed by atoms with Crippen LogP contribution in [0.1, 0.15) is 42.6 Å².